The second-order valence-electron chi connectivity index (χ2n) is 4.76. The van der Waals surface area contributed by atoms with Crippen molar-refractivity contribution in [2.45, 2.75) is 33.7 Å². The van der Waals surface area contributed by atoms with Crippen LogP contribution in [-0.4, -0.2) is 9.55 Å². The number of aromatic nitrogens is 2. The normalized spacial score (nSPS) is 13.6. The van der Waals surface area contributed by atoms with Gasteiger partial charge in [0.15, 0.2) is 0 Å². The lowest BCUT2D eigenvalue weighted by atomic mass is 10.1. The summed E-state index contributed by atoms with van der Waals surface area (Å²) in [5, 5.41) is 0. The van der Waals surface area contributed by atoms with Crippen LogP contribution in [0.1, 0.15) is 32.6 Å². The highest BCUT2D eigenvalue weighted by molar-refractivity contribution is 5.79. The van der Waals surface area contributed by atoms with E-state index in [1.54, 1.807) is 0 Å². The van der Waals surface area contributed by atoms with Gasteiger partial charge in [0.05, 0.1) is 11.0 Å². The zero-order valence-electron chi connectivity index (χ0n) is 10.4. The van der Waals surface area contributed by atoms with Crippen molar-refractivity contribution in [1.82, 2.24) is 9.55 Å². The van der Waals surface area contributed by atoms with Gasteiger partial charge >= 0.3 is 0 Å². The van der Waals surface area contributed by atoms with Crippen molar-refractivity contribution >= 4 is 16.7 Å². The first-order valence-electron chi connectivity index (χ1n) is 5.74. The van der Waals surface area contributed by atoms with Gasteiger partial charge in [-0.05, 0) is 38.0 Å². The lowest BCUT2D eigenvalue weighted by molar-refractivity contribution is 0.410. The number of hydrogen-bond donors (Lipinski definition) is 1. The van der Waals surface area contributed by atoms with Gasteiger partial charge in [-0.3, -0.25) is 0 Å². The maximum atomic E-state index is 5.77. The lowest BCUT2D eigenvalue weighted by Gasteiger charge is -2.20. The minimum Gasteiger partial charge on any atom is -0.399 e. The molecule has 3 heteroatoms. The summed E-state index contributed by atoms with van der Waals surface area (Å²) in [7, 11) is 0. The Morgan fingerprint density at radius 3 is 2.56 bits per heavy atom. The maximum absolute atomic E-state index is 5.77. The predicted molar refractivity (Wildman–Crippen MR) is 68.4 cm³/mol. The molecule has 0 aliphatic carbocycles. The van der Waals surface area contributed by atoms with E-state index in [-0.39, 0.29) is 0 Å². The first kappa shape index (κ1) is 11.0. The van der Waals surface area contributed by atoms with Crippen LogP contribution < -0.4 is 5.73 Å². The molecule has 0 saturated carbocycles. The van der Waals surface area contributed by atoms with Gasteiger partial charge in [-0.1, -0.05) is 13.8 Å². The Bertz CT molecular complexity index is 511. The highest BCUT2D eigenvalue weighted by atomic mass is 15.1. The Kier molecular flexibility index (Phi) is 2.62. The summed E-state index contributed by atoms with van der Waals surface area (Å²) in [5.74, 6) is 1.65. The van der Waals surface area contributed by atoms with Crippen LogP contribution in [0.3, 0.4) is 0 Å². The van der Waals surface area contributed by atoms with E-state index < -0.39 is 0 Å². The summed E-state index contributed by atoms with van der Waals surface area (Å²) in [4.78, 5) is 4.56. The molecule has 1 aromatic carbocycles. The fourth-order valence-electron chi connectivity index (χ4n) is 2.05. The van der Waals surface area contributed by atoms with Crippen molar-refractivity contribution in [3.8, 4) is 0 Å². The van der Waals surface area contributed by atoms with Crippen LogP contribution in [0.2, 0.25) is 0 Å². The third kappa shape index (κ3) is 1.66. The fourth-order valence-corrected chi connectivity index (χ4v) is 2.05. The molecule has 0 aliphatic heterocycles. The Balaban J connectivity index is 2.65. The molecule has 1 heterocycles. The molecule has 2 aromatic rings. The second kappa shape index (κ2) is 3.81. The number of nitrogens with zero attached hydrogens (tertiary/aromatic N) is 2. The van der Waals surface area contributed by atoms with Crippen molar-refractivity contribution < 1.29 is 0 Å². The van der Waals surface area contributed by atoms with Crippen molar-refractivity contribution in [3.63, 3.8) is 0 Å². The van der Waals surface area contributed by atoms with Crippen LogP contribution in [-0.2, 0) is 0 Å². The third-order valence-corrected chi connectivity index (χ3v) is 3.26. The molecule has 0 fully saturated rings. The van der Waals surface area contributed by atoms with Gasteiger partial charge in [0.1, 0.15) is 5.82 Å². The number of nitrogens with two attached hydrogens (primary N) is 1. The minimum atomic E-state index is 0.452. The van der Waals surface area contributed by atoms with Gasteiger partial charge in [-0.2, -0.15) is 0 Å². The van der Waals surface area contributed by atoms with Crippen LogP contribution in [0.25, 0.3) is 11.0 Å². The molecule has 0 amide bonds. The van der Waals surface area contributed by atoms with E-state index in [1.807, 2.05) is 12.1 Å². The molecule has 16 heavy (non-hydrogen) atoms. The highest BCUT2D eigenvalue weighted by Gasteiger charge is 2.15. The van der Waals surface area contributed by atoms with E-state index in [1.165, 1.54) is 5.52 Å². The fraction of sp³-hybridized carbons (Fsp3) is 0.462. The summed E-state index contributed by atoms with van der Waals surface area (Å²) in [6.07, 6.45) is 0. The zero-order valence-corrected chi connectivity index (χ0v) is 10.4. The smallest absolute Gasteiger partial charge is 0.106 e. The Hall–Kier alpha value is -1.51. The Morgan fingerprint density at radius 1 is 1.25 bits per heavy atom. The molecular weight excluding hydrogens is 198 g/mol. The molecule has 1 atom stereocenters. The molecule has 86 valence electrons. The molecule has 1 unspecified atom stereocenters. The molecule has 0 radical (unpaired) electrons. The third-order valence-electron chi connectivity index (χ3n) is 3.26. The number of imidazole rings is 1. The van der Waals surface area contributed by atoms with Crippen LogP contribution in [0.4, 0.5) is 5.69 Å². The van der Waals surface area contributed by atoms with Crippen molar-refractivity contribution in [2.75, 3.05) is 5.73 Å². The summed E-state index contributed by atoms with van der Waals surface area (Å²) < 4.78 is 2.29. The number of anilines is 1. The first-order chi connectivity index (χ1) is 7.50. The molecule has 2 N–H and O–H groups in total. The number of fused-ring (bicyclic) bond motifs is 1. The molecule has 3 nitrogen and oxygen atoms in total. The van der Waals surface area contributed by atoms with E-state index in [2.05, 4.69) is 43.3 Å². The molecule has 0 aliphatic rings. The Labute approximate surface area is 96.3 Å². The van der Waals surface area contributed by atoms with E-state index in [4.69, 9.17) is 5.73 Å². The monoisotopic (exact) mass is 217 g/mol. The molecule has 0 saturated heterocycles. The topological polar surface area (TPSA) is 43.8 Å². The van der Waals surface area contributed by atoms with Gasteiger partial charge < -0.3 is 10.3 Å². The molecule has 2 rings (SSSR count). The number of benzene rings is 1. The lowest BCUT2D eigenvalue weighted by Crippen LogP contribution is -2.12. The number of rotatable bonds is 2. The SMILES string of the molecule is Cc1nc2cc(N)ccc2n1C(C)C(C)C. The quantitative estimate of drug-likeness (QED) is 0.785. The summed E-state index contributed by atoms with van der Waals surface area (Å²) in [5.41, 5.74) is 8.71. The van der Waals surface area contributed by atoms with Crippen LogP contribution in [0.5, 0.6) is 0 Å². The van der Waals surface area contributed by atoms with Crippen LogP contribution in [0, 0.1) is 12.8 Å². The van der Waals surface area contributed by atoms with E-state index in [9.17, 15) is 0 Å². The van der Waals surface area contributed by atoms with Crippen LogP contribution in [0.15, 0.2) is 18.2 Å². The van der Waals surface area contributed by atoms with Gasteiger partial charge in [0.2, 0.25) is 0 Å². The maximum Gasteiger partial charge on any atom is 0.106 e. The molecule has 0 bridgehead atoms. The average molecular weight is 217 g/mol. The van der Waals surface area contributed by atoms with Crippen molar-refractivity contribution in [3.05, 3.63) is 24.0 Å². The standard InChI is InChI=1S/C13H19N3/c1-8(2)9(3)16-10(4)15-12-7-11(14)5-6-13(12)16/h5-9H,14H2,1-4H3. The van der Waals surface area contributed by atoms with E-state index >= 15 is 0 Å². The number of hydrogen-bond acceptors (Lipinski definition) is 2. The molecule has 1 aromatic heterocycles. The number of aryl methyl sites for hydroxylation is 1. The Morgan fingerprint density at radius 2 is 1.94 bits per heavy atom. The van der Waals surface area contributed by atoms with Gasteiger partial charge in [-0.25, -0.2) is 4.98 Å². The summed E-state index contributed by atoms with van der Waals surface area (Å²) in [6.45, 7) is 8.74. The number of nitrogen functional groups attached to an aromatic ring is 1. The second-order valence-corrected chi connectivity index (χ2v) is 4.76. The van der Waals surface area contributed by atoms with Gasteiger partial charge in [0, 0.05) is 11.7 Å². The predicted octanol–water partition coefficient (Wildman–Crippen LogP) is 3.14. The van der Waals surface area contributed by atoms with E-state index in [0.717, 1.165) is 17.0 Å². The van der Waals surface area contributed by atoms with Crippen LogP contribution >= 0.6 is 0 Å². The van der Waals surface area contributed by atoms with Crippen molar-refractivity contribution in [2.24, 2.45) is 5.92 Å². The summed E-state index contributed by atoms with van der Waals surface area (Å²) >= 11 is 0. The summed E-state index contributed by atoms with van der Waals surface area (Å²) in [6, 6.07) is 6.39. The largest absolute Gasteiger partial charge is 0.399 e. The average Bonchev–Trinajstić information content (AvgIpc) is 2.51. The van der Waals surface area contributed by atoms with Gasteiger partial charge in [-0.15, -0.1) is 0 Å². The highest BCUT2D eigenvalue weighted by Crippen LogP contribution is 2.26. The van der Waals surface area contributed by atoms with Gasteiger partial charge in [0.25, 0.3) is 0 Å². The first-order valence-corrected chi connectivity index (χ1v) is 5.74. The molecular formula is C13H19N3. The zero-order chi connectivity index (χ0) is 11.9. The minimum absolute atomic E-state index is 0.452. The van der Waals surface area contributed by atoms with E-state index in [0.29, 0.717) is 12.0 Å². The molecule has 0 spiro atoms. The van der Waals surface area contributed by atoms with Crippen molar-refractivity contribution in [1.29, 1.82) is 0 Å².